The van der Waals surface area contributed by atoms with Crippen molar-refractivity contribution in [3.63, 3.8) is 0 Å². The lowest BCUT2D eigenvalue weighted by Gasteiger charge is -2.15. The third-order valence-corrected chi connectivity index (χ3v) is 5.63. The molecular formula is C24H20Cl2N3O3+. The quantitative estimate of drug-likeness (QED) is 0.555. The van der Waals surface area contributed by atoms with E-state index in [1.807, 2.05) is 36.4 Å². The topological polar surface area (TPSA) is 70.4 Å². The van der Waals surface area contributed by atoms with Gasteiger partial charge in [0.1, 0.15) is 5.75 Å². The summed E-state index contributed by atoms with van der Waals surface area (Å²) in [6.07, 6.45) is 1.80. The Bertz CT molecular complexity index is 1180. The molecule has 0 radical (unpaired) electrons. The zero-order chi connectivity index (χ0) is 22.7. The van der Waals surface area contributed by atoms with Gasteiger partial charge >= 0.3 is 5.91 Å². The largest absolute Gasteiger partial charge is 0.497 e. The summed E-state index contributed by atoms with van der Waals surface area (Å²) < 4.78 is 6.98. The minimum atomic E-state index is -0.832. The van der Waals surface area contributed by atoms with Gasteiger partial charge in [0.25, 0.3) is 5.91 Å². The van der Waals surface area contributed by atoms with Crippen molar-refractivity contribution >= 4 is 41.2 Å². The van der Waals surface area contributed by atoms with Gasteiger partial charge in [0, 0.05) is 26.7 Å². The molecule has 1 aliphatic rings. The minimum absolute atomic E-state index is 0.327. The fraction of sp³-hybridized carbons (Fsp3) is 0.125. The number of hydrogen-bond donors (Lipinski definition) is 2. The SMILES string of the molecule is COc1cccc(/C=[N+]2\NC(=O)[C@H](NC(=O)c3ccc(Cl)cc3)[C@H]2c2ccc(Cl)cc2)c1. The molecule has 0 aromatic heterocycles. The van der Waals surface area contributed by atoms with Gasteiger partial charge < -0.3 is 10.1 Å². The summed E-state index contributed by atoms with van der Waals surface area (Å²) in [5, 5.41) is 3.96. The number of hydrogen-bond acceptors (Lipinski definition) is 3. The van der Waals surface area contributed by atoms with Crippen LogP contribution in [-0.4, -0.2) is 35.9 Å². The molecule has 0 spiro atoms. The molecule has 1 fully saturated rings. The maximum Gasteiger partial charge on any atom is 0.304 e. The second kappa shape index (κ2) is 9.42. The monoisotopic (exact) mass is 468 g/mol. The van der Waals surface area contributed by atoms with Crippen molar-refractivity contribution < 1.29 is 19.0 Å². The van der Waals surface area contributed by atoms with Gasteiger partial charge in [-0.1, -0.05) is 41.4 Å². The van der Waals surface area contributed by atoms with Crippen molar-refractivity contribution in [3.05, 3.63) is 99.5 Å². The predicted octanol–water partition coefficient (Wildman–Crippen LogP) is 4.02. The average molecular weight is 469 g/mol. The first-order valence-electron chi connectivity index (χ1n) is 9.84. The van der Waals surface area contributed by atoms with E-state index in [9.17, 15) is 9.59 Å². The molecule has 0 aliphatic carbocycles. The molecule has 1 heterocycles. The van der Waals surface area contributed by atoms with E-state index < -0.39 is 12.1 Å². The normalized spacial score (nSPS) is 19.0. The lowest BCUT2D eigenvalue weighted by molar-refractivity contribution is -0.596. The summed E-state index contributed by atoms with van der Waals surface area (Å²) in [5.74, 6) is -0.00433. The van der Waals surface area contributed by atoms with Crippen LogP contribution in [0, 0.1) is 0 Å². The first kappa shape index (κ1) is 21.9. The molecule has 1 aliphatic heterocycles. The highest BCUT2D eigenvalue weighted by Gasteiger charge is 2.47. The van der Waals surface area contributed by atoms with Crippen molar-refractivity contribution in [2.75, 3.05) is 7.11 Å². The van der Waals surface area contributed by atoms with Gasteiger partial charge in [-0.25, -0.2) is 0 Å². The van der Waals surface area contributed by atoms with Crippen LogP contribution < -0.4 is 15.5 Å². The van der Waals surface area contributed by atoms with E-state index in [-0.39, 0.29) is 11.8 Å². The van der Waals surface area contributed by atoms with Crippen LogP contribution in [0.2, 0.25) is 10.0 Å². The molecule has 8 heteroatoms. The van der Waals surface area contributed by atoms with E-state index >= 15 is 0 Å². The zero-order valence-electron chi connectivity index (χ0n) is 17.1. The highest BCUT2D eigenvalue weighted by atomic mass is 35.5. The smallest absolute Gasteiger partial charge is 0.304 e. The van der Waals surface area contributed by atoms with Crippen molar-refractivity contribution in [1.82, 2.24) is 10.7 Å². The second-order valence-electron chi connectivity index (χ2n) is 7.24. The van der Waals surface area contributed by atoms with Crippen molar-refractivity contribution in [3.8, 4) is 5.75 Å². The molecule has 162 valence electrons. The fourth-order valence-corrected chi connectivity index (χ4v) is 3.80. The maximum atomic E-state index is 12.9. The van der Waals surface area contributed by atoms with Gasteiger partial charge in [-0.2, -0.15) is 0 Å². The van der Waals surface area contributed by atoms with Gasteiger partial charge in [0.2, 0.25) is 12.3 Å². The van der Waals surface area contributed by atoms with Crippen LogP contribution in [0.5, 0.6) is 5.75 Å². The van der Waals surface area contributed by atoms with Gasteiger partial charge in [-0.05, 0) is 54.6 Å². The first-order chi connectivity index (χ1) is 15.4. The second-order valence-corrected chi connectivity index (χ2v) is 8.12. The molecule has 0 bridgehead atoms. The summed E-state index contributed by atoms with van der Waals surface area (Å²) in [6.45, 7) is 0. The van der Waals surface area contributed by atoms with E-state index in [1.165, 1.54) is 0 Å². The van der Waals surface area contributed by atoms with Gasteiger partial charge in [-0.15, -0.1) is 10.1 Å². The lowest BCUT2D eigenvalue weighted by Crippen LogP contribution is -2.42. The Morgan fingerprint density at radius 1 is 1.03 bits per heavy atom. The Morgan fingerprint density at radius 3 is 2.34 bits per heavy atom. The van der Waals surface area contributed by atoms with Crippen LogP contribution in [0.3, 0.4) is 0 Å². The third-order valence-electron chi connectivity index (χ3n) is 5.12. The molecule has 3 aromatic carbocycles. The number of nitrogens with one attached hydrogen (secondary N) is 2. The number of benzene rings is 3. The molecule has 3 aromatic rings. The van der Waals surface area contributed by atoms with Crippen molar-refractivity contribution in [2.45, 2.75) is 12.1 Å². The standard InChI is InChI=1S/C24H19Cl2N3O3/c1-32-20-4-2-3-15(13-20)14-29-22(16-5-9-18(25)10-6-16)21(24(31)28-29)27-23(30)17-7-11-19(26)12-8-17/h2-14,21-22H,1H3,(H-,27,28,30,31)/p+1/b29-14-/t21-,22-/m1/s1. The fourth-order valence-electron chi connectivity index (χ4n) is 3.55. The Kier molecular flexibility index (Phi) is 6.44. The molecule has 6 nitrogen and oxygen atoms in total. The maximum absolute atomic E-state index is 12.9. The van der Waals surface area contributed by atoms with Gasteiger partial charge in [0.15, 0.2) is 6.04 Å². The van der Waals surface area contributed by atoms with Crippen LogP contribution in [0.4, 0.5) is 0 Å². The van der Waals surface area contributed by atoms with Crippen molar-refractivity contribution in [2.24, 2.45) is 0 Å². The summed E-state index contributed by atoms with van der Waals surface area (Å²) >= 11 is 12.0. The molecule has 0 unspecified atom stereocenters. The summed E-state index contributed by atoms with van der Waals surface area (Å²) in [7, 11) is 1.59. The number of carbonyl (C=O) groups is 2. The Hall–Kier alpha value is -3.35. The van der Waals surface area contributed by atoms with Crippen LogP contribution >= 0.6 is 23.2 Å². The zero-order valence-corrected chi connectivity index (χ0v) is 18.6. The highest BCUT2D eigenvalue weighted by Crippen LogP contribution is 2.27. The number of carbonyl (C=O) groups excluding carboxylic acids is 2. The molecule has 32 heavy (non-hydrogen) atoms. The summed E-state index contributed by atoms with van der Waals surface area (Å²) in [5.41, 5.74) is 4.90. The number of ether oxygens (including phenoxy) is 1. The van der Waals surface area contributed by atoms with Crippen LogP contribution in [0.1, 0.15) is 27.5 Å². The number of amides is 2. The van der Waals surface area contributed by atoms with Crippen molar-refractivity contribution in [1.29, 1.82) is 0 Å². The highest BCUT2D eigenvalue weighted by molar-refractivity contribution is 6.30. The molecule has 2 N–H and O–H groups in total. The number of halogens is 2. The average Bonchev–Trinajstić information content (AvgIpc) is 3.09. The minimum Gasteiger partial charge on any atom is -0.497 e. The molecular weight excluding hydrogens is 449 g/mol. The molecule has 0 saturated carbocycles. The van der Waals surface area contributed by atoms with Crippen LogP contribution in [0.15, 0.2) is 72.8 Å². The van der Waals surface area contributed by atoms with Gasteiger partial charge in [-0.3, -0.25) is 9.59 Å². The van der Waals surface area contributed by atoms with E-state index in [0.717, 1.165) is 11.1 Å². The number of hydrazine groups is 1. The van der Waals surface area contributed by atoms with Gasteiger partial charge in [0.05, 0.1) is 7.11 Å². The number of nitrogens with zero attached hydrogens (tertiary/aromatic N) is 1. The number of methoxy groups -OCH3 is 1. The molecule has 1 saturated heterocycles. The Morgan fingerprint density at radius 2 is 1.69 bits per heavy atom. The molecule has 2 amide bonds. The lowest BCUT2D eigenvalue weighted by atomic mass is 10.00. The van der Waals surface area contributed by atoms with E-state index in [4.69, 9.17) is 27.9 Å². The molecule has 2 atom stereocenters. The van der Waals surface area contributed by atoms with Crippen LogP contribution in [-0.2, 0) is 4.79 Å². The Labute approximate surface area is 195 Å². The molecule has 4 rings (SSSR count). The predicted molar refractivity (Wildman–Crippen MR) is 123 cm³/mol. The first-order valence-corrected chi connectivity index (χ1v) is 10.6. The summed E-state index contributed by atoms with van der Waals surface area (Å²) in [4.78, 5) is 25.7. The van der Waals surface area contributed by atoms with E-state index in [0.29, 0.717) is 21.4 Å². The summed E-state index contributed by atoms with van der Waals surface area (Å²) in [6, 6.07) is 19.8. The number of hydrazone groups is 1. The number of rotatable bonds is 5. The Balaban J connectivity index is 1.70. The third kappa shape index (κ3) is 4.77. The van der Waals surface area contributed by atoms with Crippen LogP contribution in [0.25, 0.3) is 0 Å². The van der Waals surface area contributed by atoms with E-state index in [2.05, 4.69) is 10.7 Å². The van der Waals surface area contributed by atoms with E-state index in [1.54, 1.807) is 54.4 Å².